The first kappa shape index (κ1) is 13.4. The van der Waals surface area contributed by atoms with Gasteiger partial charge < -0.3 is 9.64 Å². The number of amides is 1. The van der Waals surface area contributed by atoms with E-state index in [1.807, 2.05) is 30.0 Å². The molecule has 1 atom stereocenters. The van der Waals surface area contributed by atoms with Crippen LogP contribution in [0.5, 0.6) is 0 Å². The van der Waals surface area contributed by atoms with Crippen LogP contribution in [-0.2, 0) is 15.3 Å². The summed E-state index contributed by atoms with van der Waals surface area (Å²) in [5.74, 6) is 1.12. The van der Waals surface area contributed by atoms with E-state index >= 15 is 0 Å². The lowest BCUT2D eigenvalue weighted by molar-refractivity contribution is -0.134. The molecule has 1 aromatic carbocycles. The third-order valence-electron chi connectivity index (χ3n) is 3.01. The maximum absolute atomic E-state index is 12.2. The number of benzene rings is 1. The Kier molecular flexibility index (Phi) is 5.08. The first-order valence-corrected chi connectivity index (χ1v) is 7.34. The molecule has 0 spiro atoms. The molecule has 1 amide bonds. The van der Waals surface area contributed by atoms with Gasteiger partial charge in [-0.15, -0.1) is 11.8 Å². The monoisotopic (exact) mass is 265 g/mol. The first-order chi connectivity index (χ1) is 8.77. The molecule has 0 bridgehead atoms. The number of rotatable bonds is 4. The fraction of sp³-hybridized carbons (Fsp3) is 0.500. The van der Waals surface area contributed by atoms with Crippen LogP contribution in [0.2, 0.25) is 0 Å². The zero-order chi connectivity index (χ0) is 12.8. The van der Waals surface area contributed by atoms with E-state index in [0.717, 1.165) is 18.8 Å². The first-order valence-electron chi connectivity index (χ1n) is 6.29. The average molecular weight is 265 g/mol. The van der Waals surface area contributed by atoms with E-state index in [9.17, 15) is 4.79 Å². The van der Waals surface area contributed by atoms with Crippen molar-refractivity contribution in [2.24, 2.45) is 0 Å². The Bertz CT molecular complexity index is 377. The summed E-state index contributed by atoms with van der Waals surface area (Å²) in [4.78, 5) is 14.1. The quantitative estimate of drug-likeness (QED) is 0.835. The van der Waals surface area contributed by atoms with Crippen LogP contribution in [-0.4, -0.2) is 42.4 Å². The molecule has 1 saturated heterocycles. The van der Waals surface area contributed by atoms with Crippen LogP contribution in [0.4, 0.5) is 0 Å². The van der Waals surface area contributed by atoms with Crippen molar-refractivity contribution in [3.8, 4) is 0 Å². The summed E-state index contributed by atoms with van der Waals surface area (Å²) < 4.78 is 5.26. The molecule has 1 aliphatic heterocycles. The second-order valence-corrected chi connectivity index (χ2v) is 5.71. The van der Waals surface area contributed by atoms with Gasteiger partial charge in [-0.25, -0.2) is 0 Å². The van der Waals surface area contributed by atoms with Crippen LogP contribution in [0.3, 0.4) is 0 Å². The molecular weight excluding hydrogens is 246 g/mol. The van der Waals surface area contributed by atoms with E-state index in [2.05, 4.69) is 12.1 Å². The molecule has 0 aliphatic carbocycles. The minimum absolute atomic E-state index is 0.0170. The standard InChI is InChI=1S/C14H19NO2S/c1-12(14(16)15-7-9-17-10-8-15)18-11-13-5-3-2-4-6-13/h2-6,12H,7-11H2,1H3. The molecule has 1 aliphatic rings. The summed E-state index contributed by atoms with van der Waals surface area (Å²) in [5.41, 5.74) is 1.27. The number of thioether (sulfide) groups is 1. The fourth-order valence-electron chi connectivity index (χ4n) is 1.91. The van der Waals surface area contributed by atoms with Crippen molar-refractivity contribution in [3.05, 3.63) is 35.9 Å². The Morgan fingerprint density at radius 2 is 2.00 bits per heavy atom. The molecule has 18 heavy (non-hydrogen) atoms. The predicted octanol–water partition coefficient (Wildman–Crippen LogP) is 2.17. The average Bonchev–Trinajstić information content (AvgIpc) is 2.46. The van der Waals surface area contributed by atoms with Gasteiger partial charge in [0.2, 0.25) is 5.91 Å². The van der Waals surface area contributed by atoms with Gasteiger partial charge in [-0.2, -0.15) is 0 Å². The SMILES string of the molecule is CC(SCc1ccccc1)C(=O)N1CCOCC1. The van der Waals surface area contributed by atoms with Crippen molar-refractivity contribution in [1.82, 2.24) is 4.90 Å². The molecule has 0 N–H and O–H groups in total. The Balaban J connectivity index is 1.80. The summed E-state index contributed by atoms with van der Waals surface area (Å²) >= 11 is 1.70. The molecule has 3 nitrogen and oxygen atoms in total. The third kappa shape index (κ3) is 3.75. The Morgan fingerprint density at radius 3 is 2.67 bits per heavy atom. The molecule has 0 saturated carbocycles. The van der Waals surface area contributed by atoms with E-state index in [4.69, 9.17) is 4.74 Å². The molecule has 0 radical (unpaired) electrons. The van der Waals surface area contributed by atoms with Gasteiger partial charge in [0, 0.05) is 18.8 Å². The highest BCUT2D eigenvalue weighted by atomic mass is 32.2. The van der Waals surface area contributed by atoms with Crippen molar-refractivity contribution >= 4 is 17.7 Å². The summed E-state index contributed by atoms with van der Waals surface area (Å²) in [6, 6.07) is 10.3. The maximum Gasteiger partial charge on any atom is 0.235 e. The number of nitrogens with zero attached hydrogens (tertiary/aromatic N) is 1. The minimum atomic E-state index is 0.0170. The summed E-state index contributed by atoms with van der Waals surface area (Å²) in [7, 11) is 0. The second-order valence-electron chi connectivity index (χ2n) is 4.38. The van der Waals surface area contributed by atoms with E-state index in [-0.39, 0.29) is 11.2 Å². The molecule has 2 rings (SSSR count). The molecule has 1 fully saturated rings. The van der Waals surface area contributed by atoms with E-state index in [1.54, 1.807) is 11.8 Å². The fourth-order valence-corrected chi connectivity index (χ4v) is 2.83. The Morgan fingerprint density at radius 1 is 1.33 bits per heavy atom. The van der Waals surface area contributed by atoms with Crippen LogP contribution in [0, 0.1) is 0 Å². The van der Waals surface area contributed by atoms with Crippen LogP contribution in [0.1, 0.15) is 12.5 Å². The molecule has 1 unspecified atom stereocenters. The van der Waals surface area contributed by atoms with Crippen LogP contribution < -0.4 is 0 Å². The van der Waals surface area contributed by atoms with Crippen LogP contribution in [0.15, 0.2) is 30.3 Å². The van der Waals surface area contributed by atoms with E-state index < -0.39 is 0 Å². The smallest absolute Gasteiger partial charge is 0.235 e. The topological polar surface area (TPSA) is 29.5 Å². The van der Waals surface area contributed by atoms with E-state index in [0.29, 0.717) is 13.2 Å². The zero-order valence-corrected chi connectivity index (χ0v) is 11.5. The highest BCUT2D eigenvalue weighted by Gasteiger charge is 2.22. The van der Waals surface area contributed by atoms with Gasteiger partial charge in [0.05, 0.1) is 18.5 Å². The van der Waals surface area contributed by atoms with Crippen LogP contribution in [0.25, 0.3) is 0 Å². The Labute approximate surface area is 113 Å². The number of carbonyl (C=O) groups excluding carboxylic acids is 1. The number of morpholine rings is 1. The van der Waals surface area contributed by atoms with E-state index in [1.165, 1.54) is 5.56 Å². The molecule has 1 heterocycles. The summed E-state index contributed by atoms with van der Waals surface area (Å²) in [6.07, 6.45) is 0. The number of hydrogen-bond donors (Lipinski definition) is 0. The highest BCUT2D eigenvalue weighted by Crippen LogP contribution is 2.19. The maximum atomic E-state index is 12.2. The van der Waals surface area contributed by atoms with Gasteiger partial charge in [0.15, 0.2) is 0 Å². The normalized spacial score (nSPS) is 17.5. The molecule has 4 heteroatoms. The summed E-state index contributed by atoms with van der Waals surface area (Å²) in [6.45, 7) is 4.79. The van der Waals surface area contributed by atoms with Gasteiger partial charge >= 0.3 is 0 Å². The van der Waals surface area contributed by atoms with Gasteiger partial charge in [0.25, 0.3) is 0 Å². The molecule has 0 aromatic heterocycles. The molecular formula is C14H19NO2S. The second kappa shape index (κ2) is 6.81. The van der Waals surface area contributed by atoms with Crippen molar-refractivity contribution in [3.63, 3.8) is 0 Å². The van der Waals surface area contributed by atoms with Crippen molar-refractivity contribution in [2.75, 3.05) is 26.3 Å². The number of carbonyl (C=O) groups is 1. The molecule has 98 valence electrons. The minimum Gasteiger partial charge on any atom is -0.378 e. The third-order valence-corrected chi connectivity index (χ3v) is 4.21. The van der Waals surface area contributed by atoms with Crippen LogP contribution >= 0.6 is 11.8 Å². The van der Waals surface area contributed by atoms with Crippen molar-refractivity contribution in [2.45, 2.75) is 17.9 Å². The number of ether oxygens (including phenoxy) is 1. The van der Waals surface area contributed by atoms with Gasteiger partial charge in [-0.1, -0.05) is 30.3 Å². The highest BCUT2D eigenvalue weighted by molar-refractivity contribution is 7.99. The summed E-state index contributed by atoms with van der Waals surface area (Å²) in [5, 5.41) is 0.0170. The number of hydrogen-bond acceptors (Lipinski definition) is 3. The van der Waals surface area contributed by atoms with Crippen molar-refractivity contribution < 1.29 is 9.53 Å². The lowest BCUT2D eigenvalue weighted by atomic mass is 10.2. The lowest BCUT2D eigenvalue weighted by Gasteiger charge is -2.29. The molecule has 1 aromatic rings. The van der Waals surface area contributed by atoms with Gasteiger partial charge in [0.1, 0.15) is 0 Å². The van der Waals surface area contributed by atoms with Gasteiger partial charge in [-0.3, -0.25) is 4.79 Å². The zero-order valence-electron chi connectivity index (χ0n) is 10.7. The predicted molar refractivity (Wildman–Crippen MR) is 74.6 cm³/mol. The lowest BCUT2D eigenvalue weighted by Crippen LogP contribution is -2.44. The largest absolute Gasteiger partial charge is 0.378 e. The van der Waals surface area contributed by atoms with Crippen molar-refractivity contribution in [1.29, 1.82) is 0 Å². The van der Waals surface area contributed by atoms with Gasteiger partial charge in [-0.05, 0) is 12.5 Å². The Hall–Kier alpha value is -1.00.